The second-order valence-corrected chi connectivity index (χ2v) is 8.04. The average molecular weight is 438 g/mol. The van der Waals surface area contributed by atoms with Crippen molar-refractivity contribution in [3.63, 3.8) is 0 Å². The van der Waals surface area contributed by atoms with Crippen LogP contribution < -0.4 is 10.0 Å². The highest BCUT2D eigenvalue weighted by molar-refractivity contribution is 7.92. The lowest BCUT2D eigenvalue weighted by atomic mass is 10.1. The van der Waals surface area contributed by atoms with Crippen molar-refractivity contribution >= 4 is 21.6 Å². The molecule has 3 N–H and O–H groups in total. The Morgan fingerprint density at radius 1 is 1.10 bits per heavy atom. The number of hydrogen-bond acceptors (Lipinski definition) is 4. The molecule has 0 aliphatic heterocycles. The third-order valence-electron chi connectivity index (χ3n) is 4.18. The molecule has 1 aromatic heterocycles. The van der Waals surface area contributed by atoms with E-state index in [2.05, 4.69) is 20.2 Å². The number of benzene rings is 2. The number of amides is 1. The molecule has 0 bridgehead atoms. The first-order valence-electron chi connectivity index (χ1n) is 8.64. The topological polar surface area (TPSA) is 104 Å². The van der Waals surface area contributed by atoms with Gasteiger partial charge in [-0.15, -0.1) is 0 Å². The lowest BCUT2D eigenvalue weighted by Crippen LogP contribution is -2.26. The van der Waals surface area contributed by atoms with Gasteiger partial charge in [-0.2, -0.15) is 26.7 Å². The number of hydrogen-bond donors (Lipinski definition) is 3. The summed E-state index contributed by atoms with van der Waals surface area (Å²) in [6.45, 7) is 1.40. The summed E-state index contributed by atoms with van der Waals surface area (Å²) < 4.78 is 66.8. The highest BCUT2D eigenvalue weighted by atomic mass is 32.2. The highest BCUT2D eigenvalue weighted by Gasteiger charge is 2.33. The van der Waals surface area contributed by atoms with Crippen LogP contribution in [0.2, 0.25) is 0 Å². The number of sulfonamides is 1. The Labute approximate surface area is 170 Å². The number of anilines is 1. The van der Waals surface area contributed by atoms with Crippen LogP contribution in [-0.2, 0) is 22.7 Å². The van der Waals surface area contributed by atoms with Crippen molar-refractivity contribution in [2.45, 2.75) is 24.7 Å². The number of nitrogens with one attached hydrogen (secondary N) is 3. The summed E-state index contributed by atoms with van der Waals surface area (Å²) >= 11 is 0. The van der Waals surface area contributed by atoms with Gasteiger partial charge in [-0.1, -0.05) is 35.9 Å². The van der Waals surface area contributed by atoms with Gasteiger partial charge in [-0.3, -0.25) is 14.6 Å². The molecule has 1 heterocycles. The normalized spacial score (nSPS) is 11.9. The molecule has 1 amide bonds. The predicted molar refractivity (Wildman–Crippen MR) is 103 cm³/mol. The maximum absolute atomic E-state index is 13.1. The maximum Gasteiger partial charge on any atom is 0.416 e. The van der Waals surface area contributed by atoms with Crippen molar-refractivity contribution < 1.29 is 26.4 Å². The SMILES string of the molecule is Cc1ccc(NS(=O)(=O)c2[nH]ncc2C(=O)NCc2ccccc2C(F)(F)F)cc1. The van der Waals surface area contributed by atoms with E-state index in [-0.39, 0.29) is 16.8 Å². The fourth-order valence-electron chi connectivity index (χ4n) is 2.69. The van der Waals surface area contributed by atoms with E-state index in [1.54, 1.807) is 24.3 Å². The number of aryl methyl sites for hydroxylation is 1. The Morgan fingerprint density at radius 2 is 1.77 bits per heavy atom. The standard InChI is InChI=1S/C19H17F3N4O3S/c1-12-6-8-14(9-7-12)26-30(28,29)18-15(11-24-25-18)17(27)23-10-13-4-2-3-5-16(13)19(20,21)22/h2-9,11,26H,10H2,1H3,(H,23,27)(H,24,25). The number of aromatic nitrogens is 2. The van der Waals surface area contributed by atoms with Gasteiger partial charge >= 0.3 is 6.18 Å². The van der Waals surface area contributed by atoms with Crippen molar-refractivity contribution in [2.24, 2.45) is 0 Å². The molecule has 0 aliphatic rings. The van der Waals surface area contributed by atoms with Gasteiger partial charge < -0.3 is 5.32 Å². The van der Waals surface area contributed by atoms with E-state index in [0.717, 1.165) is 17.8 Å². The van der Waals surface area contributed by atoms with Crippen LogP contribution in [0.1, 0.15) is 27.0 Å². The van der Waals surface area contributed by atoms with Crippen molar-refractivity contribution in [2.75, 3.05) is 4.72 Å². The van der Waals surface area contributed by atoms with Gasteiger partial charge in [-0.05, 0) is 30.7 Å². The molecule has 0 saturated heterocycles. The number of halogens is 3. The molecule has 0 radical (unpaired) electrons. The van der Waals surface area contributed by atoms with Gasteiger partial charge in [0.25, 0.3) is 15.9 Å². The molecule has 158 valence electrons. The first kappa shape index (κ1) is 21.4. The van der Waals surface area contributed by atoms with Crippen LogP contribution in [0, 0.1) is 6.92 Å². The third-order valence-corrected chi connectivity index (χ3v) is 5.54. The molecule has 11 heteroatoms. The minimum Gasteiger partial charge on any atom is -0.348 e. The Hall–Kier alpha value is -3.34. The summed E-state index contributed by atoms with van der Waals surface area (Å²) in [6, 6.07) is 11.3. The molecule has 3 rings (SSSR count). The number of carbonyl (C=O) groups excluding carboxylic acids is 1. The minimum absolute atomic E-state index is 0.149. The lowest BCUT2D eigenvalue weighted by Gasteiger charge is -2.13. The molecule has 30 heavy (non-hydrogen) atoms. The van der Waals surface area contributed by atoms with Gasteiger partial charge in [-0.25, -0.2) is 0 Å². The van der Waals surface area contributed by atoms with E-state index >= 15 is 0 Å². The zero-order valence-electron chi connectivity index (χ0n) is 15.6. The molecule has 0 saturated carbocycles. The van der Waals surface area contributed by atoms with Crippen LogP contribution in [0.3, 0.4) is 0 Å². The summed E-state index contributed by atoms with van der Waals surface area (Å²) in [6.07, 6.45) is -3.59. The number of aromatic amines is 1. The molecule has 2 aromatic carbocycles. The van der Waals surface area contributed by atoms with Crippen LogP contribution >= 0.6 is 0 Å². The van der Waals surface area contributed by atoms with Gasteiger partial charge in [0.05, 0.1) is 17.3 Å². The summed E-state index contributed by atoms with van der Waals surface area (Å²) in [4.78, 5) is 12.5. The summed E-state index contributed by atoms with van der Waals surface area (Å²) in [5, 5.41) is 7.65. The Kier molecular flexibility index (Phi) is 5.83. The van der Waals surface area contributed by atoms with Crippen molar-refractivity contribution in [1.29, 1.82) is 0 Å². The lowest BCUT2D eigenvalue weighted by molar-refractivity contribution is -0.138. The van der Waals surface area contributed by atoms with Crippen molar-refractivity contribution in [3.8, 4) is 0 Å². The van der Waals surface area contributed by atoms with Crippen LogP contribution in [-0.4, -0.2) is 24.5 Å². The van der Waals surface area contributed by atoms with Crippen LogP contribution in [0.25, 0.3) is 0 Å². The highest BCUT2D eigenvalue weighted by Crippen LogP contribution is 2.31. The zero-order valence-corrected chi connectivity index (χ0v) is 16.4. The number of rotatable bonds is 6. The Bertz CT molecular complexity index is 1160. The number of H-pyrrole nitrogens is 1. The van der Waals surface area contributed by atoms with Crippen molar-refractivity contribution in [1.82, 2.24) is 15.5 Å². The van der Waals surface area contributed by atoms with Gasteiger partial charge in [0.15, 0.2) is 5.03 Å². The van der Waals surface area contributed by atoms with Crippen LogP contribution in [0.15, 0.2) is 59.8 Å². The Morgan fingerprint density at radius 3 is 2.43 bits per heavy atom. The van der Waals surface area contributed by atoms with Gasteiger partial charge in [0.2, 0.25) is 0 Å². The van der Waals surface area contributed by atoms with E-state index < -0.39 is 39.2 Å². The zero-order chi connectivity index (χ0) is 21.9. The second kappa shape index (κ2) is 8.19. The van der Waals surface area contributed by atoms with E-state index in [9.17, 15) is 26.4 Å². The maximum atomic E-state index is 13.1. The van der Waals surface area contributed by atoms with E-state index in [1.165, 1.54) is 18.2 Å². The fraction of sp³-hybridized carbons (Fsp3) is 0.158. The number of carbonyl (C=O) groups is 1. The molecule has 3 aromatic rings. The summed E-state index contributed by atoms with van der Waals surface area (Å²) in [5.74, 6) is -0.884. The molecule has 7 nitrogen and oxygen atoms in total. The van der Waals surface area contributed by atoms with Crippen LogP contribution in [0.5, 0.6) is 0 Å². The number of nitrogens with zero attached hydrogens (tertiary/aromatic N) is 1. The van der Waals surface area contributed by atoms with E-state index in [4.69, 9.17) is 0 Å². The molecule has 0 fully saturated rings. The second-order valence-electron chi connectivity index (χ2n) is 6.42. The smallest absolute Gasteiger partial charge is 0.348 e. The molecular formula is C19H17F3N4O3S. The monoisotopic (exact) mass is 438 g/mol. The summed E-state index contributed by atoms with van der Waals surface area (Å²) in [5.41, 5.74) is -0.145. The molecule has 0 spiro atoms. The predicted octanol–water partition coefficient (Wildman–Crippen LogP) is 3.47. The van der Waals surface area contributed by atoms with Gasteiger partial charge in [0.1, 0.15) is 0 Å². The van der Waals surface area contributed by atoms with Crippen LogP contribution in [0.4, 0.5) is 18.9 Å². The molecular weight excluding hydrogens is 421 g/mol. The van der Waals surface area contributed by atoms with E-state index in [0.29, 0.717) is 0 Å². The minimum atomic E-state index is -4.58. The Balaban J connectivity index is 1.78. The third kappa shape index (κ3) is 4.79. The first-order valence-corrected chi connectivity index (χ1v) is 10.1. The molecule has 0 aliphatic carbocycles. The first-order chi connectivity index (χ1) is 14.1. The van der Waals surface area contributed by atoms with Crippen molar-refractivity contribution in [3.05, 3.63) is 77.0 Å². The quantitative estimate of drug-likeness (QED) is 0.548. The largest absolute Gasteiger partial charge is 0.416 e. The molecule has 0 atom stereocenters. The molecule has 0 unspecified atom stereocenters. The number of alkyl halides is 3. The summed E-state index contributed by atoms with van der Waals surface area (Å²) in [7, 11) is -4.18. The van der Waals surface area contributed by atoms with E-state index in [1.807, 2.05) is 6.92 Å². The van der Waals surface area contributed by atoms with Gasteiger partial charge in [0, 0.05) is 12.2 Å². The average Bonchev–Trinajstić information content (AvgIpc) is 3.18. The fourth-order valence-corrected chi connectivity index (χ4v) is 3.85.